The Bertz CT molecular complexity index is 385. The average molecular weight is 219 g/mol. The molecular weight excluding hydrogens is 202 g/mol. The first-order chi connectivity index (χ1) is 7.63. The molecule has 1 saturated carbocycles. The van der Waals surface area contributed by atoms with Gasteiger partial charge in [0.05, 0.1) is 7.11 Å². The largest absolute Gasteiger partial charge is 0.275 e. The summed E-state index contributed by atoms with van der Waals surface area (Å²) in [5, 5.41) is 1.32. The third kappa shape index (κ3) is 2.09. The van der Waals surface area contributed by atoms with Crippen LogP contribution in [0.4, 0.5) is 0 Å². The molecular formula is C13H17NO2. The van der Waals surface area contributed by atoms with Gasteiger partial charge in [0, 0.05) is 13.0 Å². The predicted molar refractivity (Wildman–Crippen MR) is 61.8 cm³/mol. The van der Waals surface area contributed by atoms with Crippen molar-refractivity contribution in [3.63, 3.8) is 0 Å². The van der Waals surface area contributed by atoms with Gasteiger partial charge >= 0.3 is 0 Å². The quantitative estimate of drug-likeness (QED) is 0.729. The van der Waals surface area contributed by atoms with E-state index in [4.69, 9.17) is 4.84 Å². The molecule has 0 heterocycles. The van der Waals surface area contributed by atoms with Crippen LogP contribution in [0.5, 0.6) is 0 Å². The molecule has 86 valence electrons. The minimum Gasteiger partial charge on any atom is -0.275 e. The number of rotatable bonds is 3. The molecule has 0 aliphatic heterocycles. The molecule has 0 spiro atoms. The van der Waals surface area contributed by atoms with Crippen LogP contribution in [0.1, 0.15) is 23.5 Å². The van der Waals surface area contributed by atoms with Crippen molar-refractivity contribution in [2.45, 2.75) is 19.3 Å². The van der Waals surface area contributed by atoms with Crippen LogP contribution in [0.3, 0.4) is 0 Å². The summed E-state index contributed by atoms with van der Waals surface area (Å²) in [5.41, 5.74) is 2.51. The highest BCUT2D eigenvalue weighted by Crippen LogP contribution is 2.48. The van der Waals surface area contributed by atoms with Gasteiger partial charge in [-0.15, -0.1) is 0 Å². The highest BCUT2D eigenvalue weighted by atomic mass is 16.7. The molecule has 1 aromatic carbocycles. The first-order valence-corrected chi connectivity index (χ1v) is 5.51. The van der Waals surface area contributed by atoms with E-state index >= 15 is 0 Å². The SMILES string of the molecule is CON(C)C(=O)[C@H]1C[C@@H]1c1ccc(C)cc1. The number of nitrogens with zero attached hydrogens (tertiary/aromatic N) is 1. The maximum Gasteiger partial charge on any atom is 0.249 e. The second-order valence-corrected chi connectivity index (χ2v) is 4.38. The number of hydrogen-bond acceptors (Lipinski definition) is 2. The first-order valence-electron chi connectivity index (χ1n) is 5.51. The second-order valence-electron chi connectivity index (χ2n) is 4.38. The first kappa shape index (κ1) is 11.1. The van der Waals surface area contributed by atoms with Crippen LogP contribution < -0.4 is 0 Å². The van der Waals surface area contributed by atoms with Crippen LogP contribution in [-0.4, -0.2) is 25.1 Å². The van der Waals surface area contributed by atoms with E-state index in [-0.39, 0.29) is 11.8 Å². The molecule has 2 rings (SSSR count). The number of benzene rings is 1. The van der Waals surface area contributed by atoms with E-state index in [0.29, 0.717) is 5.92 Å². The van der Waals surface area contributed by atoms with Crippen LogP contribution in [0.25, 0.3) is 0 Å². The number of amides is 1. The molecule has 1 amide bonds. The van der Waals surface area contributed by atoms with E-state index in [1.807, 2.05) is 0 Å². The molecule has 0 bridgehead atoms. The van der Waals surface area contributed by atoms with Gasteiger partial charge in [-0.05, 0) is 24.8 Å². The molecule has 3 heteroatoms. The summed E-state index contributed by atoms with van der Waals surface area (Å²) in [5.74, 6) is 0.562. The summed E-state index contributed by atoms with van der Waals surface area (Å²) in [6.07, 6.45) is 0.940. The van der Waals surface area contributed by atoms with Gasteiger partial charge < -0.3 is 0 Å². The van der Waals surface area contributed by atoms with Crippen molar-refractivity contribution < 1.29 is 9.63 Å². The van der Waals surface area contributed by atoms with Gasteiger partial charge in [0.25, 0.3) is 0 Å². The van der Waals surface area contributed by atoms with Crippen LogP contribution in [0.15, 0.2) is 24.3 Å². The van der Waals surface area contributed by atoms with E-state index < -0.39 is 0 Å². The van der Waals surface area contributed by atoms with Gasteiger partial charge in [-0.25, -0.2) is 5.06 Å². The van der Waals surface area contributed by atoms with Crippen molar-refractivity contribution in [2.75, 3.05) is 14.2 Å². The Morgan fingerprint density at radius 2 is 2.00 bits per heavy atom. The zero-order valence-electron chi connectivity index (χ0n) is 9.93. The second kappa shape index (κ2) is 4.26. The smallest absolute Gasteiger partial charge is 0.249 e. The minimum absolute atomic E-state index is 0.0769. The number of carbonyl (C=O) groups is 1. The molecule has 0 saturated heterocycles. The summed E-state index contributed by atoms with van der Waals surface area (Å²) in [4.78, 5) is 16.7. The zero-order valence-corrected chi connectivity index (χ0v) is 9.93. The Morgan fingerprint density at radius 1 is 1.38 bits per heavy atom. The van der Waals surface area contributed by atoms with Gasteiger partial charge in [-0.1, -0.05) is 29.8 Å². The Balaban J connectivity index is 2.01. The standard InChI is InChI=1S/C13H17NO2/c1-9-4-6-10(7-5-9)11-8-12(11)13(15)14(2)16-3/h4-7,11-12H,8H2,1-3H3/t11-,12+/m1/s1. The molecule has 2 atom stereocenters. The summed E-state index contributed by atoms with van der Waals surface area (Å²) in [6, 6.07) is 8.41. The van der Waals surface area contributed by atoms with Crippen molar-refractivity contribution in [1.82, 2.24) is 5.06 Å². The maximum absolute atomic E-state index is 11.8. The van der Waals surface area contributed by atoms with E-state index in [1.54, 1.807) is 7.05 Å². The number of carbonyl (C=O) groups excluding carboxylic acids is 1. The lowest BCUT2D eigenvalue weighted by atomic mass is 10.1. The summed E-state index contributed by atoms with van der Waals surface area (Å²) < 4.78 is 0. The van der Waals surface area contributed by atoms with E-state index in [0.717, 1.165) is 6.42 Å². The topological polar surface area (TPSA) is 29.5 Å². The summed E-state index contributed by atoms with van der Waals surface area (Å²) in [7, 11) is 3.17. The van der Waals surface area contributed by atoms with Gasteiger partial charge in [0.15, 0.2) is 0 Å². The normalized spacial score (nSPS) is 22.9. The fourth-order valence-electron chi connectivity index (χ4n) is 1.97. The Kier molecular flexibility index (Phi) is 2.97. The van der Waals surface area contributed by atoms with E-state index in [9.17, 15) is 4.79 Å². The molecule has 1 aliphatic rings. The maximum atomic E-state index is 11.8. The molecule has 1 aromatic rings. The highest BCUT2D eigenvalue weighted by molar-refractivity contribution is 5.81. The molecule has 1 aliphatic carbocycles. The molecule has 1 fully saturated rings. The average Bonchev–Trinajstić information content (AvgIpc) is 3.08. The van der Waals surface area contributed by atoms with Crippen molar-refractivity contribution in [1.29, 1.82) is 0 Å². The summed E-state index contributed by atoms with van der Waals surface area (Å²) >= 11 is 0. The Hall–Kier alpha value is -1.35. The Labute approximate surface area is 96.0 Å². The van der Waals surface area contributed by atoms with Crippen molar-refractivity contribution in [2.24, 2.45) is 5.92 Å². The van der Waals surface area contributed by atoms with Crippen LogP contribution in [0, 0.1) is 12.8 Å². The molecule has 3 nitrogen and oxygen atoms in total. The van der Waals surface area contributed by atoms with Crippen LogP contribution in [0.2, 0.25) is 0 Å². The lowest BCUT2D eigenvalue weighted by Crippen LogP contribution is -2.27. The summed E-state index contributed by atoms with van der Waals surface area (Å²) in [6.45, 7) is 2.07. The van der Waals surface area contributed by atoms with E-state index in [2.05, 4.69) is 31.2 Å². The van der Waals surface area contributed by atoms with Gasteiger partial charge in [-0.2, -0.15) is 0 Å². The van der Waals surface area contributed by atoms with Crippen molar-refractivity contribution >= 4 is 5.91 Å². The number of hydroxylamine groups is 2. The third-order valence-corrected chi connectivity index (χ3v) is 3.20. The van der Waals surface area contributed by atoms with Crippen molar-refractivity contribution in [3.05, 3.63) is 35.4 Å². The van der Waals surface area contributed by atoms with E-state index in [1.165, 1.54) is 23.3 Å². The zero-order chi connectivity index (χ0) is 11.7. The molecule has 0 unspecified atom stereocenters. The predicted octanol–water partition coefficient (Wildman–Crippen LogP) is 2.12. The fraction of sp³-hybridized carbons (Fsp3) is 0.462. The van der Waals surface area contributed by atoms with Gasteiger partial charge in [0.2, 0.25) is 5.91 Å². The number of aryl methyl sites for hydroxylation is 1. The third-order valence-electron chi connectivity index (χ3n) is 3.20. The molecule has 0 aromatic heterocycles. The van der Waals surface area contributed by atoms with Crippen LogP contribution >= 0.6 is 0 Å². The number of hydrogen-bond donors (Lipinski definition) is 0. The minimum atomic E-state index is 0.0769. The lowest BCUT2D eigenvalue weighted by Gasteiger charge is -2.13. The van der Waals surface area contributed by atoms with Crippen molar-refractivity contribution in [3.8, 4) is 0 Å². The van der Waals surface area contributed by atoms with Crippen LogP contribution in [-0.2, 0) is 9.63 Å². The Morgan fingerprint density at radius 3 is 2.56 bits per heavy atom. The molecule has 0 N–H and O–H groups in total. The van der Waals surface area contributed by atoms with Gasteiger partial charge in [-0.3, -0.25) is 9.63 Å². The van der Waals surface area contributed by atoms with Gasteiger partial charge in [0.1, 0.15) is 0 Å². The highest BCUT2D eigenvalue weighted by Gasteiger charge is 2.45. The lowest BCUT2D eigenvalue weighted by molar-refractivity contribution is -0.170. The molecule has 16 heavy (non-hydrogen) atoms. The fourth-order valence-corrected chi connectivity index (χ4v) is 1.97. The monoisotopic (exact) mass is 219 g/mol. The molecule has 0 radical (unpaired) electrons.